The summed E-state index contributed by atoms with van der Waals surface area (Å²) in [5.41, 5.74) is 5.73. The fraction of sp³-hybridized carbons (Fsp3) is 0.615. The minimum absolute atomic E-state index is 0.0269. The topological polar surface area (TPSA) is 101 Å². The third-order valence-electron chi connectivity index (χ3n) is 3.50. The van der Waals surface area contributed by atoms with Gasteiger partial charge in [0.1, 0.15) is 0 Å². The van der Waals surface area contributed by atoms with Gasteiger partial charge in [-0.15, -0.1) is 0 Å². The summed E-state index contributed by atoms with van der Waals surface area (Å²) in [7, 11) is 0. The molecule has 0 unspecified atom stereocenters. The highest BCUT2D eigenvalue weighted by Gasteiger charge is 2.35. The number of anilines is 1. The number of amides is 2. The van der Waals surface area contributed by atoms with Gasteiger partial charge in [0.15, 0.2) is 5.82 Å². The molecule has 6 nitrogen and oxygen atoms in total. The number of nitrogens with two attached hydrogens (primary N) is 1. The van der Waals surface area contributed by atoms with Crippen molar-refractivity contribution >= 4 is 17.6 Å². The van der Waals surface area contributed by atoms with Crippen molar-refractivity contribution in [3.8, 4) is 0 Å². The van der Waals surface area contributed by atoms with Crippen LogP contribution in [-0.4, -0.2) is 22.0 Å². The van der Waals surface area contributed by atoms with E-state index in [4.69, 9.17) is 5.73 Å². The summed E-state index contributed by atoms with van der Waals surface area (Å²) in [5, 5.41) is 9.74. The Morgan fingerprint density at radius 2 is 2.05 bits per heavy atom. The molecule has 1 saturated carbocycles. The Morgan fingerprint density at radius 3 is 2.58 bits per heavy atom. The highest BCUT2D eigenvalue weighted by Crippen LogP contribution is 2.41. The van der Waals surface area contributed by atoms with Crippen molar-refractivity contribution in [2.45, 2.75) is 39.5 Å². The van der Waals surface area contributed by atoms with E-state index in [0.717, 1.165) is 18.5 Å². The second kappa shape index (κ2) is 4.68. The first-order valence-corrected chi connectivity index (χ1v) is 6.43. The van der Waals surface area contributed by atoms with E-state index < -0.39 is 5.41 Å². The molecule has 0 atom stereocenters. The molecule has 19 heavy (non-hydrogen) atoms. The van der Waals surface area contributed by atoms with Gasteiger partial charge in [-0.1, -0.05) is 20.8 Å². The van der Waals surface area contributed by atoms with E-state index in [-0.39, 0.29) is 23.7 Å². The van der Waals surface area contributed by atoms with Crippen LogP contribution in [0.1, 0.15) is 45.2 Å². The third kappa shape index (κ3) is 2.94. The summed E-state index contributed by atoms with van der Waals surface area (Å²) < 4.78 is 0. The van der Waals surface area contributed by atoms with Crippen LogP contribution < -0.4 is 11.1 Å². The highest BCUT2D eigenvalue weighted by molar-refractivity contribution is 5.93. The molecule has 1 aromatic heterocycles. The smallest absolute Gasteiger partial charge is 0.230 e. The third-order valence-corrected chi connectivity index (χ3v) is 3.50. The Labute approximate surface area is 112 Å². The van der Waals surface area contributed by atoms with Gasteiger partial charge >= 0.3 is 0 Å². The summed E-state index contributed by atoms with van der Waals surface area (Å²) in [6.45, 7) is 5.54. The minimum atomic E-state index is -0.452. The second-order valence-electron chi connectivity index (χ2n) is 6.18. The lowest BCUT2D eigenvalue weighted by Gasteiger charge is -2.31. The largest absolute Gasteiger partial charge is 0.369 e. The molecule has 1 fully saturated rings. The number of H-pyrrole nitrogens is 1. The van der Waals surface area contributed by atoms with Gasteiger partial charge in [-0.2, -0.15) is 5.10 Å². The lowest BCUT2D eigenvalue weighted by atomic mass is 9.73. The number of primary amides is 1. The minimum Gasteiger partial charge on any atom is -0.369 e. The molecule has 2 rings (SSSR count). The molecule has 6 heteroatoms. The molecule has 0 aromatic carbocycles. The number of nitrogens with zero attached hydrogens (tertiary/aromatic N) is 1. The average Bonchev–Trinajstić information content (AvgIpc) is 2.61. The van der Waals surface area contributed by atoms with Crippen LogP contribution in [0.4, 0.5) is 5.82 Å². The van der Waals surface area contributed by atoms with E-state index in [1.807, 2.05) is 26.8 Å². The monoisotopic (exact) mass is 264 g/mol. The number of aromatic nitrogens is 2. The summed E-state index contributed by atoms with van der Waals surface area (Å²) >= 11 is 0. The maximum Gasteiger partial charge on any atom is 0.230 e. The van der Waals surface area contributed by atoms with Gasteiger partial charge in [-0.25, -0.2) is 0 Å². The lowest BCUT2D eigenvalue weighted by molar-refractivity contribution is -0.124. The molecule has 0 radical (unpaired) electrons. The normalized spacial score (nSPS) is 22.7. The maximum atomic E-state index is 11.8. The van der Waals surface area contributed by atoms with Crippen molar-refractivity contribution < 1.29 is 9.59 Å². The molecule has 0 saturated heterocycles. The number of carbonyl (C=O) groups excluding carboxylic acids is 2. The zero-order valence-corrected chi connectivity index (χ0v) is 11.5. The van der Waals surface area contributed by atoms with E-state index >= 15 is 0 Å². The molecule has 4 N–H and O–H groups in total. The first-order valence-electron chi connectivity index (χ1n) is 6.43. The van der Waals surface area contributed by atoms with Crippen LogP contribution in [0.5, 0.6) is 0 Å². The molecule has 2 amide bonds. The predicted molar refractivity (Wildman–Crippen MR) is 71.3 cm³/mol. The molecule has 0 spiro atoms. The van der Waals surface area contributed by atoms with Crippen LogP contribution in [0.15, 0.2) is 6.07 Å². The van der Waals surface area contributed by atoms with Crippen molar-refractivity contribution in [1.29, 1.82) is 0 Å². The van der Waals surface area contributed by atoms with Crippen molar-refractivity contribution in [2.24, 2.45) is 17.1 Å². The predicted octanol–water partition coefficient (Wildman–Crippen LogP) is 1.37. The van der Waals surface area contributed by atoms with Gasteiger partial charge in [-0.05, 0) is 12.8 Å². The van der Waals surface area contributed by atoms with E-state index in [1.54, 1.807) is 0 Å². The van der Waals surface area contributed by atoms with Crippen LogP contribution in [0.2, 0.25) is 0 Å². The molecule has 1 aromatic rings. The molecular formula is C13H20N4O2. The van der Waals surface area contributed by atoms with E-state index in [9.17, 15) is 9.59 Å². The molecule has 104 valence electrons. The second-order valence-corrected chi connectivity index (χ2v) is 6.18. The van der Waals surface area contributed by atoms with Gasteiger partial charge in [0.25, 0.3) is 0 Å². The number of hydrogen-bond acceptors (Lipinski definition) is 3. The van der Waals surface area contributed by atoms with Gasteiger partial charge in [0.05, 0.1) is 0 Å². The Kier molecular flexibility index (Phi) is 3.34. The summed E-state index contributed by atoms with van der Waals surface area (Å²) in [4.78, 5) is 22.8. The average molecular weight is 264 g/mol. The van der Waals surface area contributed by atoms with Crippen LogP contribution in [-0.2, 0) is 9.59 Å². The zero-order chi connectivity index (χ0) is 14.2. The van der Waals surface area contributed by atoms with Crippen molar-refractivity contribution in [3.05, 3.63) is 11.8 Å². The highest BCUT2D eigenvalue weighted by atomic mass is 16.2. The molecule has 0 bridgehead atoms. The summed E-state index contributed by atoms with van der Waals surface area (Å²) in [5.74, 6) is 0.467. The van der Waals surface area contributed by atoms with E-state index in [2.05, 4.69) is 15.5 Å². The Hall–Kier alpha value is -1.85. The van der Waals surface area contributed by atoms with Crippen LogP contribution in [0.3, 0.4) is 0 Å². The zero-order valence-electron chi connectivity index (χ0n) is 11.5. The number of rotatable bonds is 3. The molecule has 1 heterocycles. The summed E-state index contributed by atoms with van der Waals surface area (Å²) in [6.07, 6.45) is 1.51. The van der Waals surface area contributed by atoms with Crippen LogP contribution in [0, 0.1) is 11.3 Å². The van der Waals surface area contributed by atoms with Gasteiger partial charge < -0.3 is 11.1 Å². The molecular weight excluding hydrogens is 244 g/mol. The molecule has 1 aliphatic rings. The molecule has 1 aliphatic carbocycles. The van der Waals surface area contributed by atoms with Crippen LogP contribution >= 0.6 is 0 Å². The van der Waals surface area contributed by atoms with Crippen molar-refractivity contribution in [2.75, 3.05) is 5.32 Å². The summed E-state index contributed by atoms with van der Waals surface area (Å²) in [6, 6.07) is 1.82. The number of carbonyl (C=O) groups is 2. The SMILES string of the molecule is CC(C)(C)C(=O)Nc1cc([C@H]2C[C@@H](C(N)=O)C2)[nH]n1. The molecule has 0 aliphatic heterocycles. The van der Waals surface area contributed by atoms with Gasteiger partial charge in [-0.3, -0.25) is 14.7 Å². The maximum absolute atomic E-state index is 11.8. The quantitative estimate of drug-likeness (QED) is 0.768. The van der Waals surface area contributed by atoms with Crippen molar-refractivity contribution in [3.63, 3.8) is 0 Å². The standard InChI is InChI=1S/C13H20N4O2/c1-13(2,3)12(19)15-10-6-9(16-17-10)7-4-8(5-7)11(14)18/h6-8H,4-5H2,1-3H3,(H2,14,18)(H2,15,16,17,19)/t7-,8+. The van der Waals surface area contributed by atoms with Gasteiger partial charge in [0, 0.05) is 29.0 Å². The van der Waals surface area contributed by atoms with Crippen molar-refractivity contribution in [1.82, 2.24) is 10.2 Å². The number of aromatic amines is 1. The van der Waals surface area contributed by atoms with Crippen LogP contribution in [0.25, 0.3) is 0 Å². The fourth-order valence-electron chi connectivity index (χ4n) is 2.02. The number of nitrogens with one attached hydrogen (secondary N) is 2. The Bertz CT molecular complexity index is 495. The van der Waals surface area contributed by atoms with E-state index in [1.165, 1.54) is 0 Å². The van der Waals surface area contributed by atoms with E-state index in [0.29, 0.717) is 5.82 Å². The Morgan fingerprint density at radius 1 is 1.42 bits per heavy atom. The lowest BCUT2D eigenvalue weighted by Crippen LogP contribution is -2.34. The number of hydrogen-bond donors (Lipinski definition) is 3. The van der Waals surface area contributed by atoms with Gasteiger partial charge in [0.2, 0.25) is 11.8 Å². The first-order chi connectivity index (χ1) is 8.77. The first kappa shape index (κ1) is 13.6. The fourth-order valence-corrected chi connectivity index (χ4v) is 2.02. The Balaban J connectivity index is 1.94.